The quantitative estimate of drug-likeness (QED) is 0.537. The van der Waals surface area contributed by atoms with Crippen molar-refractivity contribution >= 4 is 23.4 Å². The van der Waals surface area contributed by atoms with E-state index < -0.39 is 0 Å². The molecule has 0 spiro atoms. The van der Waals surface area contributed by atoms with Gasteiger partial charge >= 0.3 is 0 Å². The zero-order valence-electron chi connectivity index (χ0n) is 9.08. The second-order valence-electron chi connectivity index (χ2n) is 4.39. The lowest BCUT2D eigenvalue weighted by Crippen LogP contribution is -2.13. The molecule has 1 aliphatic rings. The lowest BCUT2D eigenvalue weighted by atomic mass is 10.0. The Hall–Kier alpha value is -0.140. The van der Waals surface area contributed by atoms with E-state index >= 15 is 0 Å². The third-order valence-electron chi connectivity index (χ3n) is 3.35. The van der Waals surface area contributed by atoms with Crippen LogP contribution < -0.4 is 0 Å². The number of alkyl halides is 1. The molecule has 15 heavy (non-hydrogen) atoms. The summed E-state index contributed by atoms with van der Waals surface area (Å²) in [5, 5.41) is 0.342. The molecule has 1 aromatic carbocycles. The summed E-state index contributed by atoms with van der Waals surface area (Å²) < 4.78 is 0. The van der Waals surface area contributed by atoms with E-state index in [1.54, 1.807) is 0 Å². The lowest BCUT2D eigenvalue weighted by molar-refractivity contribution is 0.486. The molecule has 0 saturated heterocycles. The highest BCUT2D eigenvalue weighted by atomic mass is 35.5. The fourth-order valence-electron chi connectivity index (χ4n) is 1.90. The van der Waals surface area contributed by atoms with Gasteiger partial charge in [0.05, 0.1) is 0 Å². The highest BCUT2D eigenvalue weighted by Gasteiger charge is 2.45. The first kappa shape index (κ1) is 11.3. The van der Waals surface area contributed by atoms with E-state index in [1.165, 1.54) is 29.9 Å². The van der Waals surface area contributed by atoms with Gasteiger partial charge in [-0.15, -0.1) is 23.4 Å². The minimum Gasteiger partial charge on any atom is -0.126 e. The normalized spacial score (nSPS) is 19.9. The van der Waals surface area contributed by atoms with Gasteiger partial charge < -0.3 is 0 Å². The van der Waals surface area contributed by atoms with Crippen molar-refractivity contribution in [3.8, 4) is 0 Å². The molecule has 0 bridgehead atoms. The molecular formula is C13H17ClS. The second-order valence-corrected chi connectivity index (χ2v) is 6.21. The van der Waals surface area contributed by atoms with Crippen molar-refractivity contribution in [3.05, 3.63) is 30.3 Å². The van der Waals surface area contributed by atoms with Crippen LogP contribution in [-0.4, -0.2) is 11.1 Å². The van der Waals surface area contributed by atoms with Gasteiger partial charge in [-0.2, -0.15) is 0 Å². The van der Waals surface area contributed by atoms with Gasteiger partial charge in [0.2, 0.25) is 0 Å². The van der Waals surface area contributed by atoms with Crippen molar-refractivity contribution in [2.24, 2.45) is 5.41 Å². The molecule has 0 N–H and O–H groups in total. The monoisotopic (exact) mass is 240 g/mol. The number of thioether (sulfide) groups is 1. The lowest BCUT2D eigenvalue weighted by Gasteiger charge is -2.16. The number of rotatable bonds is 5. The van der Waals surface area contributed by atoms with Gasteiger partial charge in [0.15, 0.2) is 0 Å². The molecule has 1 aromatic rings. The average molecular weight is 241 g/mol. The molecule has 1 saturated carbocycles. The van der Waals surface area contributed by atoms with Crippen LogP contribution >= 0.6 is 23.4 Å². The van der Waals surface area contributed by atoms with E-state index in [4.69, 9.17) is 11.6 Å². The molecule has 2 rings (SSSR count). The maximum absolute atomic E-state index is 6.20. The second kappa shape index (κ2) is 4.80. The predicted octanol–water partition coefficient (Wildman–Crippen LogP) is 4.58. The van der Waals surface area contributed by atoms with Gasteiger partial charge in [-0.1, -0.05) is 18.2 Å². The van der Waals surface area contributed by atoms with Gasteiger partial charge in [-0.3, -0.25) is 0 Å². The minimum absolute atomic E-state index is 0.342. The van der Waals surface area contributed by atoms with Crippen LogP contribution in [0.15, 0.2) is 35.2 Å². The highest BCUT2D eigenvalue weighted by Crippen LogP contribution is 2.54. The Morgan fingerprint density at radius 3 is 2.53 bits per heavy atom. The standard InChI is InChI=1S/C13H17ClS/c1-11(14)13(7-8-13)9-10-15-12-5-3-2-4-6-12/h2-6,11H,7-10H2,1H3. The highest BCUT2D eigenvalue weighted by molar-refractivity contribution is 7.99. The molecule has 1 atom stereocenters. The largest absolute Gasteiger partial charge is 0.126 e. The molecule has 0 radical (unpaired) electrons. The van der Waals surface area contributed by atoms with Crippen molar-refractivity contribution in [2.75, 3.05) is 5.75 Å². The van der Waals surface area contributed by atoms with E-state index in [0.717, 1.165) is 0 Å². The summed E-state index contributed by atoms with van der Waals surface area (Å²) in [6, 6.07) is 10.6. The molecule has 0 amide bonds. The van der Waals surface area contributed by atoms with E-state index in [1.807, 2.05) is 11.8 Å². The van der Waals surface area contributed by atoms with Gasteiger partial charge in [0, 0.05) is 10.3 Å². The Kier molecular flexibility index (Phi) is 3.63. The molecule has 1 fully saturated rings. The maximum atomic E-state index is 6.20. The van der Waals surface area contributed by atoms with Crippen molar-refractivity contribution in [2.45, 2.75) is 36.5 Å². The van der Waals surface area contributed by atoms with E-state index in [0.29, 0.717) is 10.8 Å². The molecule has 1 unspecified atom stereocenters. The zero-order valence-corrected chi connectivity index (χ0v) is 10.7. The summed E-state index contributed by atoms with van der Waals surface area (Å²) in [4.78, 5) is 1.37. The summed E-state index contributed by atoms with van der Waals surface area (Å²) in [6.45, 7) is 2.14. The Morgan fingerprint density at radius 1 is 1.33 bits per heavy atom. The molecule has 82 valence electrons. The fraction of sp³-hybridized carbons (Fsp3) is 0.538. The van der Waals surface area contributed by atoms with E-state index in [9.17, 15) is 0 Å². The van der Waals surface area contributed by atoms with Gasteiger partial charge in [-0.25, -0.2) is 0 Å². The first-order valence-electron chi connectivity index (χ1n) is 5.55. The van der Waals surface area contributed by atoms with Crippen molar-refractivity contribution in [1.29, 1.82) is 0 Å². The Balaban J connectivity index is 1.76. The van der Waals surface area contributed by atoms with Crippen LogP contribution in [0.1, 0.15) is 26.2 Å². The molecule has 0 heterocycles. The van der Waals surface area contributed by atoms with Crippen LogP contribution in [0.25, 0.3) is 0 Å². The summed E-state index contributed by atoms with van der Waals surface area (Å²) in [5.74, 6) is 1.20. The van der Waals surface area contributed by atoms with Crippen LogP contribution in [0.4, 0.5) is 0 Å². The first-order valence-corrected chi connectivity index (χ1v) is 6.97. The third-order valence-corrected chi connectivity index (χ3v) is 4.82. The van der Waals surface area contributed by atoms with E-state index in [2.05, 4.69) is 37.3 Å². The summed E-state index contributed by atoms with van der Waals surface area (Å²) in [7, 11) is 0. The maximum Gasteiger partial charge on any atom is 0.0364 e. The molecule has 2 heteroatoms. The van der Waals surface area contributed by atoms with Crippen LogP contribution in [0.3, 0.4) is 0 Å². The van der Waals surface area contributed by atoms with Gasteiger partial charge in [0.1, 0.15) is 0 Å². The topological polar surface area (TPSA) is 0 Å². The summed E-state index contributed by atoms with van der Waals surface area (Å²) >= 11 is 8.15. The Labute approximate surface area is 101 Å². The van der Waals surface area contributed by atoms with Crippen LogP contribution in [0.2, 0.25) is 0 Å². The van der Waals surface area contributed by atoms with Crippen molar-refractivity contribution < 1.29 is 0 Å². The van der Waals surface area contributed by atoms with E-state index in [-0.39, 0.29) is 0 Å². The molecular weight excluding hydrogens is 224 g/mol. The first-order chi connectivity index (χ1) is 7.23. The van der Waals surface area contributed by atoms with Crippen molar-refractivity contribution in [1.82, 2.24) is 0 Å². The summed E-state index contributed by atoms with van der Waals surface area (Å²) in [5.41, 5.74) is 0.476. The van der Waals surface area contributed by atoms with Gasteiger partial charge in [-0.05, 0) is 49.5 Å². The number of benzene rings is 1. The van der Waals surface area contributed by atoms with Crippen LogP contribution in [0.5, 0.6) is 0 Å². The third kappa shape index (κ3) is 2.92. The minimum atomic E-state index is 0.342. The zero-order chi connectivity index (χ0) is 10.7. The number of halogens is 1. The van der Waals surface area contributed by atoms with Crippen LogP contribution in [-0.2, 0) is 0 Å². The SMILES string of the molecule is CC(Cl)C1(CCSc2ccccc2)CC1. The fourth-order valence-corrected chi connectivity index (χ4v) is 3.32. The number of hydrogen-bond acceptors (Lipinski definition) is 1. The molecule has 1 aliphatic carbocycles. The van der Waals surface area contributed by atoms with Gasteiger partial charge in [0.25, 0.3) is 0 Å². The Morgan fingerprint density at radius 2 is 2.00 bits per heavy atom. The number of hydrogen-bond donors (Lipinski definition) is 0. The van der Waals surface area contributed by atoms with Crippen molar-refractivity contribution in [3.63, 3.8) is 0 Å². The smallest absolute Gasteiger partial charge is 0.0364 e. The molecule has 0 aromatic heterocycles. The molecule has 0 nitrogen and oxygen atoms in total. The Bertz CT molecular complexity index is 304. The summed E-state index contributed by atoms with van der Waals surface area (Å²) in [6.07, 6.45) is 3.91. The van der Waals surface area contributed by atoms with Crippen LogP contribution in [0, 0.1) is 5.41 Å². The molecule has 0 aliphatic heterocycles. The average Bonchev–Trinajstić information content (AvgIpc) is 3.01. The predicted molar refractivity (Wildman–Crippen MR) is 68.8 cm³/mol.